The lowest BCUT2D eigenvalue weighted by atomic mass is 9.97. The molecule has 1 aromatic carbocycles. The molecule has 0 radical (unpaired) electrons. The van der Waals surface area contributed by atoms with Gasteiger partial charge in [0.25, 0.3) is 8.32 Å². The third-order valence-corrected chi connectivity index (χ3v) is 13.0. The molecule has 3 nitrogen and oxygen atoms in total. The van der Waals surface area contributed by atoms with E-state index in [4.69, 9.17) is 9.16 Å². The van der Waals surface area contributed by atoms with Crippen molar-refractivity contribution in [2.24, 2.45) is 5.41 Å². The SMILES string of the molecule is C=C(O[Si](C(C)C)(C(C)C)C(C)C)[C@]1(C(=O)OC)C[C@@H]1c1ccccc1Br. The van der Waals surface area contributed by atoms with Gasteiger partial charge in [-0.2, -0.15) is 0 Å². The summed E-state index contributed by atoms with van der Waals surface area (Å²) in [7, 11) is -0.733. The van der Waals surface area contributed by atoms with E-state index in [1.54, 1.807) is 0 Å². The number of hydrogen-bond donors (Lipinski definition) is 0. The molecule has 1 aromatic rings. The van der Waals surface area contributed by atoms with Gasteiger partial charge >= 0.3 is 5.97 Å². The van der Waals surface area contributed by atoms with Gasteiger partial charge in [-0.15, -0.1) is 0 Å². The van der Waals surface area contributed by atoms with Gasteiger partial charge < -0.3 is 9.16 Å². The number of carbonyl (C=O) groups is 1. The number of hydrogen-bond acceptors (Lipinski definition) is 3. The molecule has 1 fully saturated rings. The molecule has 1 aliphatic rings. The summed E-state index contributed by atoms with van der Waals surface area (Å²) in [6.45, 7) is 17.7. The highest BCUT2D eigenvalue weighted by molar-refractivity contribution is 9.10. The molecule has 1 saturated carbocycles. The molecule has 0 amide bonds. The highest BCUT2D eigenvalue weighted by Crippen LogP contribution is 2.66. The Morgan fingerprint density at radius 1 is 1.15 bits per heavy atom. The lowest BCUT2D eigenvalue weighted by molar-refractivity contribution is -0.146. The van der Waals surface area contributed by atoms with Crippen LogP contribution in [-0.4, -0.2) is 21.4 Å². The number of methoxy groups -OCH3 is 1. The van der Waals surface area contributed by atoms with E-state index in [-0.39, 0.29) is 11.9 Å². The van der Waals surface area contributed by atoms with E-state index in [1.165, 1.54) is 7.11 Å². The summed E-state index contributed by atoms with van der Waals surface area (Å²) >= 11 is 3.63. The van der Waals surface area contributed by atoms with Gasteiger partial charge in [0, 0.05) is 10.4 Å². The summed E-state index contributed by atoms with van der Waals surface area (Å²) in [5, 5.41) is 0. The second kappa shape index (κ2) is 8.12. The van der Waals surface area contributed by atoms with Crippen LogP contribution in [0.2, 0.25) is 16.6 Å². The Hall–Kier alpha value is -1.07. The van der Waals surface area contributed by atoms with E-state index in [9.17, 15) is 4.79 Å². The lowest BCUT2D eigenvalue weighted by Gasteiger charge is -2.43. The Morgan fingerprint density at radius 3 is 2.11 bits per heavy atom. The van der Waals surface area contributed by atoms with E-state index < -0.39 is 13.7 Å². The zero-order valence-electron chi connectivity index (χ0n) is 17.6. The van der Waals surface area contributed by atoms with Crippen LogP contribution in [0.1, 0.15) is 59.4 Å². The van der Waals surface area contributed by atoms with E-state index in [1.807, 2.05) is 18.2 Å². The second-order valence-electron chi connectivity index (χ2n) is 8.58. The van der Waals surface area contributed by atoms with Crippen LogP contribution in [0, 0.1) is 5.41 Å². The fraction of sp³-hybridized carbons (Fsp3) is 0.591. The fourth-order valence-corrected chi connectivity index (χ4v) is 10.8. The van der Waals surface area contributed by atoms with Crippen LogP contribution in [0.3, 0.4) is 0 Å². The first-order chi connectivity index (χ1) is 12.6. The molecule has 0 N–H and O–H groups in total. The molecule has 5 heteroatoms. The Bertz CT molecular complexity index is 691. The predicted molar refractivity (Wildman–Crippen MR) is 117 cm³/mol. The van der Waals surface area contributed by atoms with Crippen LogP contribution in [0.15, 0.2) is 41.1 Å². The van der Waals surface area contributed by atoms with Crippen molar-refractivity contribution in [2.45, 2.75) is 70.5 Å². The van der Waals surface area contributed by atoms with Gasteiger partial charge in [-0.05, 0) is 34.7 Å². The summed E-state index contributed by atoms with van der Waals surface area (Å²) in [6, 6.07) is 8.05. The standard InChI is InChI=1S/C22H33BrO3Si/c1-14(2)27(15(3)4,16(5)6)26-17(7)22(21(24)25-8)13-19(22)18-11-9-10-12-20(18)23/h9-12,14-16,19H,7,13H2,1-6,8H3/t19-,22-/m1/s1. The minimum absolute atomic E-state index is 0.0335. The third kappa shape index (κ3) is 3.65. The van der Waals surface area contributed by atoms with Gasteiger partial charge in [0.2, 0.25) is 0 Å². The number of halogens is 1. The fourth-order valence-electron chi connectivity index (χ4n) is 4.88. The third-order valence-electron chi connectivity index (χ3n) is 6.30. The predicted octanol–water partition coefficient (Wildman–Crippen LogP) is 6.80. The van der Waals surface area contributed by atoms with Crippen molar-refractivity contribution in [1.82, 2.24) is 0 Å². The topological polar surface area (TPSA) is 35.5 Å². The molecule has 2 rings (SSSR count). The summed E-state index contributed by atoms with van der Waals surface area (Å²) in [5.74, 6) is 0.386. The first-order valence-electron chi connectivity index (χ1n) is 9.76. The molecule has 0 heterocycles. The van der Waals surface area contributed by atoms with Gasteiger partial charge in [-0.25, -0.2) is 0 Å². The molecular formula is C22H33BrO3Si. The first kappa shape index (κ1) is 22.2. The van der Waals surface area contributed by atoms with Crippen LogP contribution >= 0.6 is 15.9 Å². The molecule has 0 unspecified atom stereocenters. The van der Waals surface area contributed by atoms with Gasteiger partial charge in [0.15, 0.2) is 0 Å². The zero-order valence-corrected chi connectivity index (χ0v) is 20.2. The van der Waals surface area contributed by atoms with Crippen molar-refractivity contribution in [3.63, 3.8) is 0 Å². The van der Waals surface area contributed by atoms with Crippen LogP contribution in [-0.2, 0) is 14.0 Å². The zero-order chi connectivity index (χ0) is 20.6. The maximum absolute atomic E-state index is 12.9. The second-order valence-corrected chi connectivity index (χ2v) is 14.8. The summed E-state index contributed by atoms with van der Waals surface area (Å²) in [6.07, 6.45) is 0.680. The van der Waals surface area contributed by atoms with Crippen LogP contribution < -0.4 is 0 Å². The Morgan fingerprint density at radius 2 is 1.67 bits per heavy atom. The molecule has 150 valence electrons. The van der Waals surface area contributed by atoms with Gasteiger partial charge in [0.1, 0.15) is 5.41 Å². The summed E-state index contributed by atoms with van der Waals surface area (Å²) in [4.78, 5) is 12.9. The minimum atomic E-state index is -2.18. The quantitative estimate of drug-likeness (QED) is 0.247. The van der Waals surface area contributed by atoms with Gasteiger partial charge in [-0.1, -0.05) is 82.3 Å². The number of ether oxygens (including phenoxy) is 1. The molecule has 0 spiro atoms. The van der Waals surface area contributed by atoms with Gasteiger partial charge in [0.05, 0.1) is 12.9 Å². The van der Waals surface area contributed by atoms with E-state index in [0.29, 0.717) is 28.8 Å². The van der Waals surface area contributed by atoms with Crippen molar-refractivity contribution >= 4 is 30.2 Å². The molecular weight excluding hydrogens is 420 g/mol. The Balaban J connectivity index is 2.43. The highest BCUT2D eigenvalue weighted by atomic mass is 79.9. The molecule has 0 bridgehead atoms. The van der Waals surface area contributed by atoms with E-state index in [2.05, 4.69) is 70.1 Å². The van der Waals surface area contributed by atoms with E-state index >= 15 is 0 Å². The van der Waals surface area contributed by atoms with Crippen molar-refractivity contribution < 1.29 is 14.0 Å². The molecule has 1 aliphatic carbocycles. The number of rotatable bonds is 8. The van der Waals surface area contributed by atoms with Crippen LogP contribution in [0.25, 0.3) is 0 Å². The first-order valence-corrected chi connectivity index (χ1v) is 12.7. The monoisotopic (exact) mass is 452 g/mol. The largest absolute Gasteiger partial charge is 0.545 e. The van der Waals surface area contributed by atoms with Crippen molar-refractivity contribution in [3.05, 3.63) is 46.6 Å². The summed E-state index contributed by atoms with van der Waals surface area (Å²) in [5.41, 5.74) is 1.59. The smallest absolute Gasteiger partial charge is 0.320 e. The van der Waals surface area contributed by atoms with Crippen molar-refractivity contribution in [3.8, 4) is 0 Å². The number of esters is 1. The molecule has 27 heavy (non-hydrogen) atoms. The minimum Gasteiger partial charge on any atom is -0.545 e. The molecule has 0 saturated heterocycles. The van der Waals surface area contributed by atoms with Gasteiger partial charge in [-0.3, -0.25) is 4.79 Å². The lowest BCUT2D eigenvalue weighted by Crippen LogP contribution is -2.48. The van der Waals surface area contributed by atoms with Crippen LogP contribution in [0.4, 0.5) is 0 Å². The molecule has 0 aliphatic heterocycles. The van der Waals surface area contributed by atoms with Crippen molar-refractivity contribution in [2.75, 3.05) is 7.11 Å². The molecule has 2 atom stereocenters. The molecule has 0 aromatic heterocycles. The maximum atomic E-state index is 12.9. The maximum Gasteiger partial charge on any atom is 0.320 e. The normalized spacial score (nSPS) is 22.3. The number of benzene rings is 1. The average molecular weight is 453 g/mol. The van der Waals surface area contributed by atoms with E-state index in [0.717, 1.165) is 10.0 Å². The van der Waals surface area contributed by atoms with Crippen molar-refractivity contribution in [1.29, 1.82) is 0 Å². The average Bonchev–Trinajstić information content (AvgIpc) is 3.34. The Kier molecular flexibility index (Phi) is 6.68. The highest BCUT2D eigenvalue weighted by Gasteiger charge is 2.66. The Labute approximate surface area is 173 Å². The number of carbonyl (C=O) groups excluding carboxylic acids is 1. The van der Waals surface area contributed by atoms with Crippen LogP contribution in [0.5, 0.6) is 0 Å². The summed E-state index contributed by atoms with van der Waals surface area (Å²) < 4.78 is 13.0.